The van der Waals surface area contributed by atoms with Crippen LogP contribution in [0.5, 0.6) is 5.75 Å². The van der Waals surface area contributed by atoms with Gasteiger partial charge in [0.2, 0.25) is 0 Å². The van der Waals surface area contributed by atoms with E-state index in [0.29, 0.717) is 22.3 Å². The number of ether oxygens (including phenoxy) is 1. The molecule has 6 heteroatoms. The van der Waals surface area contributed by atoms with Gasteiger partial charge < -0.3 is 9.64 Å². The van der Waals surface area contributed by atoms with Gasteiger partial charge in [0.1, 0.15) is 10.8 Å². The molecule has 1 saturated heterocycles. The quantitative estimate of drug-likeness (QED) is 0.732. The van der Waals surface area contributed by atoms with E-state index in [9.17, 15) is 4.79 Å². The lowest BCUT2D eigenvalue weighted by molar-refractivity contribution is -0.137. The highest BCUT2D eigenvalue weighted by Gasteiger charge is 2.25. The number of halogens is 2. The van der Waals surface area contributed by atoms with Crippen LogP contribution in [0.1, 0.15) is 18.9 Å². The van der Waals surface area contributed by atoms with Crippen molar-refractivity contribution >= 4 is 29.1 Å². The molecule has 144 valence electrons. The molecule has 1 unspecified atom stereocenters. The van der Waals surface area contributed by atoms with E-state index in [1.165, 1.54) is 5.56 Å². The third kappa shape index (κ3) is 5.38. The Morgan fingerprint density at radius 3 is 2.59 bits per heavy atom. The SMILES string of the molecule is CC(Oc1cccc(Cl)c1Cl)C(=O)N1CCCN(Cc2ccccc2)CC1. The van der Waals surface area contributed by atoms with Crippen molar-refractivity contribution in [1.82, 2.24) is 9.80 Å². The molecule has 2 aromatic rings. The van der Waals surface area contributed by atoms with Crippen LogP contribution in [-0.4, -0.2) is 48.0 Å². The largest absolute Gasteiger partial charge is 0.479 e. The fourth-order valence-electron chi connectivity index (χ4n) is 3.26. The van der Waals surface area contributed by atoms with Crippen LogP contribution < -0.4 is 4.74 Å². The molecule has 0 saturated carbocycles. The highest BCUT2D eigenvalue weighted by Crippen LogP contribution is 2.32. The summed E-state index contributed by atoms with van der Waals surface area (Å²) in [5.74, 6) is 0.415. The van der Waals surface area contributed by atoms with Gasteiger partial charge in [0.15, 0.2) is 6.10 Å². The summed E-state index contributed by atoms with van der Waals surface area (Å²) in [4.78, 5) is 17.1. The summed E-state index contributed by atoms with van der Waals surface area (Å²) in [7, 11) is 0. The van der Waals surface area contributed by atoms with Gasteiger partial charge in [-0.1, -0.05) is 59.6 Å². The summed E-state index contributed by atoms with van der Waals surface area (Å²) < 4.78 is 5.78. The van der Waals surface area contributed by atoms with Crippen molar-refractivity contribution in [1.29, 1.82) is 0 Å². The van der Waals surface area contributed by atoms with Crippen molar-refractivity contribution in [3.63, 3.8) is 0 Å². The third-order valence-electron chi connectivity index (χ3n) is 4.72. The number of nitrogens with zero attached hydrogens (tertiary/aromatic N) is 2. The summed E-state index contributed by atoms with van der Waals surface area (Å²) in [6.07, 6.45) is 0.338. The van der Waals surface area contributed by atoms with Crippen LogP contribution in [0.15, 0.2) is 48.5 Å². The number of carbonyl (C=O) groups is 1. The lowest BCUT2D eigenvalue weighted by Gasteiger charge is -2.25. The van der Waals surface area contributed by atoms with Gasteiger partial charge in [-0.2, -0.15) is 0 Å². The molecule has 4 nitrogen and oxygen atoms in total. The predicted molar refractivity (Wildman–Crippen MR) is 109 cm³/mol. The molecular formula is C21H24Cl2N2O2. The van der Waals surface area contributed by atoms with Gasteiger partial charge in [-0.25, -0.2) is 0 Å². The highest BCUT2D eigenvalue weighted by atomic mass is 35.5. The average Bonchev–Trinajstić information content (AvgIpc) is 2.91. The molecule has 27 heavy (non-hydrogen) atoms. The summed E-state index contributed by atoms with van der Waals surface area (Å²) in [6.45, 7) is 5.93. The van der Waals surface area contributed by atoms with E-state index in [4.69, 9.17) is 27.9 Å². The molecule has 0 spiro atoms. The first-order valence-corrected chi connectivity index (χ1v) is 9.96. The molecule has 0 aromatic heterocycles. The molecule has 1 aliphatic heterocycles. The first-order chi connectivity index (χ1) is 13.0. The number of amides is 1. The van der Waals surface area contributed by atoms with Gasteiger partial charge in [0.25, 0.3) is 5.91 Å². The van der Waals surface area contributed by atoms with Gasteiger partial charge in [-0.3, -0.25) is 9.69 Å². The first-order valence-electron chi connectivity index (χ1n) is 9.20. The fourth-order valence-corrected chi connectivity index (χ4v) is 3.60. The molecule has 0 aliphatic carbocycles. The second-order valence-corrected chi connectivity index (χ2v) is 7.54. The Morgan fingerprint density at radius 2 is 1.81 bits per heavy atom. The zero-order valence-electron chi connectivity index (χ0n) is 15.4. The molecule has 2 aromatic carbocycles. The Labute approximate surface area is 170 Å². The summed E-state index contributed by atoms with van der Waals surface area (Å²) in [6, 6.07) is 15.6. The van der Waals surface area contributed by atoms with Crippen LogP contribution in [-0.2, 0) is 11.3 Å². The minimum absolute atomic E-state index is 0.0207. The normalized spacial score (nSPS) is 16.6. The molecule has 0 bridgehead atoms. The van der Waals surface area contributed by atoms with Crippen LogP contribution in [0, 0.1) is 0 Å². The maximum absolute atomic E-state index is 12.8. The minimum Gasteiger partial charge on any atom is -0.479 e. The van der Waals surface area contributed by atoms with E-state index in [1.807, 2.05) is 11.0 Å². The van der Waals surface area contributed by atoms with Crippen molar-refractivity contribution < 1.29 is 9.53 Å². The summed E-state index contributed by atoms with van der Waals surface area (Å²) >= 11 is 12.2. The van der Waals surface area contributed by atoms with Crippen molar-refractivity contribution in [2.24, 2.45) is 0 Å². The number of hydrogen-bond acceptors (Lipinski definition) is 3. The van der Waals surface area contributed by atoms with Crippen LogP contribution >= 0.6 is 23.2 Å². The second kappa shape index (κ2) is 9.45. The van der Waals surface area contributed by atoms with Gasteiger partial charge in [0.05, 0.1) is 5.02 Å². The molecule has 1 heterocycles. The van der Waals surface area contributed by atoms with E-state index in [0.717, 1.165) is 32.6 Å². The monoisotopic (exact) mass is 406 g/mol. The Kier molecular flexibility index (Phi) is 7.00. The second-order valence-electron chi connectivity index (χ2n) is 6.75. The molecule has 0 radical (unpaired) electrons. The Hall–Kier alpha value is -1.75. The number of hydrogen-bond donors (Lipinski definition) is 0. The molecule has 3 rings (SSSR count). The Bertz CT molecular complexity index is 770. The minimum atomic E-state index is -0.610. The standard InChI is InChI=1S/C21H24Cl2N2O2/c1-16(27-19-10-5-9-18(22)20(19)23)21(26)25-12-6-11-24(13-14-25)15-17-7-3-2-4-8-17/h2-5,7-10,16H,6,11-15H2,1H3. The molecule has 1 amide bonds. The Balaban J connectivity index is 1.56. The zero-order valence-corrected chi connectivity index (χ0v) is 16.9. The zero-order chi connectivity index (χ0) is 19.2. The predicted octanol–water partition coefficient (Wildman–Crippen LogP) is 4.50. The maximum Gasteiger partial charge on any atom is 0.263 e. The van der Waals surface area contributed by atoms with E-state index >= 15 is 0 Å². The molecular weight excluding hydrogens is 383 g/mol. The molecule has 1 aliphatic rings. The first kappa shape index (κ1) is 20.0. The Morgan fingerprint density at radius 1 is 1.04 bits per heavy atom. The van der Waals surface area contributed by atoms with Crippen molar-refractivity contribution in [3.8, 4) is 5.75 Å². The molecule has 0 N–H and O–H groups in total. The summed E-state index contributed by atoms with van der Waals surface area (Å²) in [5.41, 5.74) is 1.30. The van der Waals surface area contributed by atoms with Gasteiger partial charge >= 0.3 is 0 Å². The third-order valence-corrected chi connectivity index (χ3v) is 5.52. The molecule has 1 atom stereocenters. The highest BCUT2D eigenvalue weighted by molar-refractivity contribution is 6.42. The van der Waals surface area contributed by atoms with E-state index in [-0.39, 0.29) is 5.91 Å². The van der Waals surface area contributed by atoms with Crippen LogP contribution in [0.3, 0.4) is 0 Å². The number of carbonyl (C=O) groups excluding carboxylic acids is 1. The van der Waals surface area contributed by atoms with Crippen molar-refractivity contribution in [2.75, 3.05) is 26.2 Å². The molecule has 1 fully saturated rings. The van der Waals surface area contributed by atoms with Crippen molar-refractivity contribution in [3.05, 3.63) is 64.1 Å². The van der Waals surface area contributed by atoms with E-state index in [2.05, 4.69) is 29.2 Å². The van der Waals surface area contributed by atoms with Gasteiger partial charge in [-0.05, 0) is 31.0 Å². The number of benzene rings is 2. The van der Waals surface area contributed by atoms with Gasteiger partial charge in [-0.15, -0.1) is 0 Å². The van der Waals surface area contributed by atoms with Gasteiger partial charge in [0, 0.05) is 32.7 Å². The summed E-state index contributed by atoms with van der Waals surface area (Å²) in [5, 5.41) is 0.754. The van der Waals surface area contributed by atoms with Crippen LogP contribution in [0.4, 0.5) is 0 Å². The number of rotatable bonds is 5. The smallest absolute Gasteiger partial charge is 0.263 e. The van der Waals surface area contributed by atoms with Crippen LogP contribution in [0.2, 0.25) is 10.0 Å². The maximum atomic E-state index is 12.8. The van der Waals surface area contributed by atoms with Crippen LogP contribution in [0.25, 0.3) is 0 Å². The van der Waals surface area contributed by atoms with E-state index < -0.39 is 6.10 Å². The van der Waals surface area contributed by atoms with Crippen molar-refractivity contribution in [2.45, 2.75) is 26.0 Å². The van der Waals surface area contributed by atoms with E-state index in [1.54, 1.807) is 25.1 Å². The lowest BCUT2D eigenvalue weighted by atomic mass is 10.2. The average molecular weight is 407 g/mol. The fraction of sp³-hybridized carbons (Fsp3) is 0.381. The lowest BCUT2D eigenvalue weighted by Crippen LogP contribution is -2.42. The topological polar surface area (TPSA) is 32.8 Å².